The monoisotopic (exact) mass is 333 g/mol. The SMILES string of the molecule is O=C([O-])[C@H](Cc1ccc(O)cc1)N=C/C=C/c1ccccc1.[K+]. The number of benzene rings is 2. The summed E-state index contributed by atoms with van der Waals surface area (Å²) in [6, 6.07) is 15.1. The van der Waals surface area contributed by atoms with Gasteiger partial charge in [-0.1, -0.05) is 48.5 Å². The van der Waals surface area contributed by atoms with E-state index in [1.807, 2.05) is 36.4 Å². The summed E-state index contributed by atoms with van der Waals surface area (Å²) in [7, 11) is 0. The predicted octanol–water partition coefficient (Wildman–Crippen LogP) is -1.16. The maximum absolute atomic E-state index is 11.1. The molecule has 1 atom stereocenters. The second kappa shape index (κ2) is 10.5. The van der Waals surface area contributed by atoms with E-state index in [1.54, 1.807) is 18.2 Å². The predicted molar refractivity (Wildman–Crippen MR) is 84.6 cm³/mol. The Morgan fingerprint density at radius 2 is 1.78 bits per heavy atom. The number of nitrogens with zero attached hydrogens (tertiary/aromatic N) is 1. The summed E-state index contributed by atoms with van der Waals surface area (Å²) < 4.78 is 0. The van der Waals surface area contributed by atoms with E-state index in [0.717, 1.165) is 11.1 Å². The molecular weight excluding hydrogens is 317 g/mol. The zero-order valence-electron chi connectivity index (χ0n) is 12.9. The van der Waals surface area contributed by atoms with Crippen molar-refractivity contribution < 1.29 is 66.4 Å². The topological polar surface area (TPSA) is 72.7 Å². The zero-order chi connectivity index (χ0) is 15.8. The first-order valence-electron chi connectivity index (χ1n) is 6.89. The van der Waals surface area contributed by atoms with E-state index in [4.69, 9.17) is 0 Å². The molecule has 2 rings (SSSR count). The Labute approximate surface area is 178 Å². The second-order valence-corrected chi connectivity index (χ2v) is 4.77. The van der Waals surface area contributed by atoms with Gasteiger partial charge in [0.2, 0.25) is 0 Å². The van der Waals surface area contributed by atoms with Crippen molar-refractivity contribution in [2.45, 2.75) is 12.5 Å². The van der Waals surface area contributed by atoms with Gasteiger partial charge in [-0.15, -0.1) is 0 Å². The molecule has 0 saturated carbocycles. The Morgan fingerprint density at radius 1 is 1.13 bits per heavy atom. The molecule has 0 amide bonds. The van der Waals surface area contributed by atoms with Gasteiger partial charge < -0.3 is 15.0 Å². The fourth-order valence-corrected chi connectivity index (χ4v) is 1.92. The molecule has 0 aliphatic heterocycles. The minimum Gasteiger partial charge on any atom is -0.548 e. The summed E-state index contributed by atoms with van der Waals surface area (Å²) in [5.41, 5.74) is 1.79. The Hall–Kier alpha value is -1.24. The molecule has 2 aromatic rings. The van der Waals surface area contributed by atoms with Crippen LogP contribution in [0.15, 0.2) is 65.7 Å². The zero-order valence-corrected chi connectivity index (χ0v) is 16.0. The summed E-state index contributed by atoms with van der Waals surface area (Å²) in [5, 5.41) is 20.4. The van der Waals surface area contributed by atoms with Crippen molar-refractivity contribution in [2.75, 3.05) is 0 Å². The van der Waals surface area contributed by atoms with Crippen LogP contribution in [0.25, 0.3) is 6.08 Å². The third-order valence-corrected chi connectivity index (χ3v) is 3.08. The van der Waals surface area contributed by atoms with Crippen molar-refractivity contribution in [1.82, 2.24) is 0 Å². The number of carbonyl (C=O) groups is 1. The first kappa shape index (κ1) is 19.8. The van der Waals surface area contributed by atoms with Gasteiger partial charge in [-0.2, -0.15) is 0 Å². The number of hydrogen-bond donors (Lipinski definition) is 1. The molecule has 0 bridgehead atoms. The Kier molecular flexibility index (Phi) is 9.05. The van der Waals surface area contributed by atoms with E-state index in [1.165, 1.54) is 18.3 Å². The smallest absolute Gasteiger partial charge is 0.548 e. The summed E-state index contributed by atoms with van der Waals surface area (Å²) in [6.07, 6.45) is 5.23. The molecule has 0 unspecified atom stereocenters. The number of carbonyl (C=O) groups excluding carboxylic acids is 1. The minimum absolute atomic E-state index is 0. The van der Waals surface area contributed by atoms with Crippen molar-refractivity contribution >= 4 is 18.3 Å². The van der Waals surface area contributed by atoms with Crippen LogP contribution >= 0.6 is 0 Å². The molecule has 0 fully saturated rings. The number of aromatic hydroxyl groups is 1. The fraction of sp³-hybridized carbons (Fsp3) is 0.111. The van der Waals surface area contributed by atoms with Crippen molar-refractivity contribution in [2.24, 2.45) is 4.99 Å². The Morgan fingerprint density at radius 3 is 2.39 bits per heavy atom. The van der Waals surface area contributed by atoms with Crippen LogP contribution in [-0.2, 0) is 11.2 Å². The van der Waals surface area contributed by atoms with Crippen LogP contribution in [0.4, 0.5) is 0 Å². The molecule has 2 aromatic carbocycles. The molecular formula is C18H16KNO3. The van der Waals surface area contributed by atoms with E-state index in [0.29, 0.717) is 0 Å². The van der Waals surface area contributed by atoms with Crippen LogP contribution in [0.2, 0.25) is 0 Å². The first-order chi connectivity index (χ1) is 10.6. The Bertz CT molecular complexity index is 666. The van der Waals surface area contributed by atoms with Crippen molar-refractivity contribution in [3.05, 3.63) is 71.8 Å². The van der Waals surface area contributed by atoms with E-state index < -0.39 is 12.0 Å². The molecule has 1 N–H and O–H groups in total. The normalized spacial score (nSPS) is 12.2. The van der Waals surface area contributed by atoms with Gasteiger partial charge in [0, 0.05) is 12.6 Å². The third kappa shape index (κ3) is 7.24. The molecule has 0 heterocycles. The van der Waals surface area contributed by atoms with Crippen molar-refractivity contribution in [1.29, 1.82) is 0 Å². The van der Waals surface area contributed by atoms with Crippen LogP contribution in [0, 0.1) is 0 Å². The molecule has 23 heavy (non-hydrogen) atoms. The number of aliphatic imine (C=N–C) groups is 1. The second-order valence-electron chi connectivity index (χ2n) is 4.77. The van der Waals surface area contributed by atoms with Gasteiger partial charge in [0.1, 0.15) is 5.75 Å². The number of aliphatic carboxylic acids is 1. The van der Waals surface area contributed by atoms with Crippen LogP contribution < -0.4 is 56.5 Å². The number of allylic oxidation sites excluding steroid dienone is 1. The minimum atomic E-state index is -1.22. The van der Waals surface area contributed by atoms with Gasteiger partial charge in [0.15, 0.2) is 0 Å². The summed E-state index contributed by atoms with van der Waals surface area (Å²) in [4.78, 5) is 15.2. The summed E-state index contributed by atoms with van der Waals surface area (Å²) in [6.45, 7) is 0. The molecule has 0 aliphatic rings. The van der Waals surface area contributed by atoms with Gasteiger partial charge in [-0.25, -0.2) is 0 Å². The number of phenolic OH excluding ortho intramolecular Hbond substituents is 1. The average molecular weight is 333 g/mol. The molecule has 5 heteroatoms. The van der Waals surface area contributed by atoms with E-state index in [-0.39, 0.29) is 63.6 Å². The molecule has 4 nitrogen and oxygen atoms in total. The molecule has 112 valence electrons. The van der Waals surface area contributed by atoms with Crippen molar-refractivity contribution in [3.8, 4) is 5.75 Å². The largest absolute Gasteiger partial charge is 1.00 e. The van der Waals surface area contributed by atoms with Gasteiger partial charge in [-0.3, -0.25) is 4.99 Å². The van der Waals surface area contributed by atoms with Crippen LogP contribution in [0.1, 0.15) is 11.1 Å². The van der Waals surface area contributed by atoms with Gasteiger partial charge in [0.25, 0.3) is 0 Å². The number of hydrogen-bond acceptors (Lipinski definition) is 4. The maximum atomic E-state index is 11.1. The maximum Gasteiger partial charge on any atom is 1.00 e. The average Bonchev–Trinajstić information content (AvgIpc) is 2.53. The van der Waals surface area contributed by atoms with Gasteiger partial charge in [-0.05, 0) is 29.3 Å². The molecule has 0 aromatic heterocycles. The van der Waals surface area contributed by atoms with Gasteiger partial charge >= 0.3 is 51.4 Å². The quantitative estimate of drug-likeness (QED) is 0.535. The Balaban J connectivity index is 0.00000264. The standard InChI is InChI=1S/C18H17NO3.K/c20-16-10-8-15(9-11-16)13-17(18(21)22)19-12-4-7-14-5-2-1-3-6-14;/h1-12,17,20H,13H2,(H,21,22);/q;+1/p-1/b7-4+,19-12?;/t17-;/m0./s1. The van der Waals surface area contributed by atoms with E-state index >= 15 is 0 Å². The number of rotatable bonds is 6. The van der Waals surface area contributed by atoms with Gasteiger partial charge in [0.05, 0.1) is 12.0 Å². The van der Waals surface area contributed by atoms with Crippen molar-refractivity contribution in [3.63, 3.8) is 0 Å². The molecule has 0 saturated heterocycles. The number of carboxylic acids is 1. The molecule has 0 radical (unpaired) electrons. The number of carboxylic acid groups (broad SMARTS) is 1. The van der Waals surface area contributed by atoms with Crippen LogP contribution in [-0.4, -0.2) is 23.3 Å². The van der Waals surface area contributed by atoms with Crippen LogP contribution in [0.3, 0.4) is 0 Å². The summed E-state index contributed by atoms with van der Waals surface area (Å²) >= 11 is 0. The fourth-order valence-electron chi connectivity index (χ4n) is 1.92. The molecule has 0 spiro atoms. The summed E-state index contributed by atoms with van der Waals surface area (Å²) in [5.74, 6) is -1.08. The first-order valence-corrected chi connectivity index (χ1v) is 6.89. The molecule has 0 aliphatic carbocycles. The van der Waals surface area contributed by atoms with Crippen LogP contribution in [0.5, 0.6) is 5.75 Å². The van der Waals surface area contributed by atoms with E-state index in [2.05, 4.69) is 4.99 Å². The van der Waals surface area contributed by atoms with E-state index in [9.17, 15) is 15.0 Å². The third-order valence-electron chi connectivity index (χ3n) is 3.08. The number of phenols is 1.